The summed E-state index contributed by atoms with van der Waals surface area (Å²) >= 11 is 0. The summed E-state index contributed by atoms with van der Waals surface area (Å²) < 4.78 is 21.6. The van der Waals surface area contributed by atoms with Crippen LogP contribution in [0.15, 0.2) is 6.33 Å². The molecule has 1 aliphatic heterocycles. The number of hydrogen-bond donors (Lipinski definition) is 3. The number of nitrogens with two attached hydrogens (primary N) is 1. The zero-order valence-electron chi connectivity index (χ0n) is 11.6. The molecule has 1 fully saturated rings. The molecule has 0 aliphatic carbocycles. The molecule has 0 aromatic carbocycles. The van der Waals surface area contributed by atoms with Gasteiger partial charge in [0, 0.05) is 0 Å². The van der Waals surface area contributed by atoms with Crippen molar-refractivity contribution < 1.29 is 19.3 Å². The van der Waals surface area contributed by atoms with Crippen LogP contribution < -0.4 is 5.73 Å². The molecule has 2 aromatic heterocycles. The highest BCUT2D eigenvalue weighted by Gasteiger charge is 2.55. The number of aliphatic hydroxyl groups is 2. The van der Waals surface area contributed by atoms with Crippen LogP contribution in [0.3, 0.4) is 0 Å². The topological polar surface area (TPSA) is 119 Å². The van der Waals surface area contributed by atoms with Crippen LogP contribution in [-0.2, 0) is 4.74 Å². The van der Waals surface area contributed by atoms with E-state index in [1.165, 1.54) is 17.8 Å². The van der Waals surface area contributed by atoms with Gasteiger partial charge in [0.15, 0.2) is 17.5 Å². The van der Waals surface area contributed by atoms with E-state index in [4.69, 9.17) is 15.6 Å². The van der Waals surface area contributed by atoms with Gasteiger partial charge in [-0.25, -0.2) is 14.4 Å². The van der Waals surface area contributed by atoms with E-state index in [9.17, 15) is 9.50 Å². The monoisotopic (exact) mass is 297 g/mol. The molecule has 21 heavy (non-hydrogen) atoms. The average Bonchev–Trinajstić information content (AvgIpc) is 2.91. The maximum atomic E-state index is 14.8. The molecule has 3 heterocycles. The van der Waals surface area contributed by atoms with Gasteiger partial charge in [0.2, 0.25) is 5.95 Å². The van der Waals surface area contributed by atoms with E-state index < -0.39 is 30.7 Å². The van der Waals surface area contributed by atoms with Crippen molar-refractivity contribution in [3.8, 4) is 0 Å². The lowest BCUT2D eigenvalue weighted by atomic mass is 9.98. The van der Waals surface area contributed by atoms with Crippen molar-refractivity contribution in [3.63, 3.8) is 0 Å². The summed E-state index contributed by atoms with van der Waals surface area (Å²) in [6, 6.07) is 0. The highest BCUT2D eigenvalue weighted by atomic mass is 19.1. The highest BCUT2D eigenvalue weighted by molar-refractivity contribution is 5.74. The van der Waals surface area contributed by atoms with Gasteiger partial charge in [0.1, 0.15) is 17.7 Å². The molecule has 4 N–H and O–H groups in total. The van der Waals surface area contributed by atoms with E-state index in [1.54, 1.807) is 6.92 Å². The minimum atomic E-state index is -2.10. The van der Waals surface area contributed by atoms with Crippen LogP contribution in [0, 0.1) is 6.92 Å². The molecule has 8 nitrogen and oxygen atoms in total. The first kappa shape index (κ1) is 14.1. The summed E-state index contributed by atoms with van der Waals surface area (Å²) in [6.45, 7) is 2.44. The molecule has 0 unspecified atom stereocenters. The Morgan fingerprint density at radius 1 is 1.52 bits per heavy atom. The fraction of sp³-hybridized carbons (Fsp3) is 0.583. The minimum Gasteiger partial charge on any atom is -0.394 e. The Balaban J connectivity index is 2.13. The van der Waals surface area contributed by atoms with Crippen molar-refractivity contribution in [2.75, 3.05) is 12.3 Å². The molecule has 0 bridgehead atoms. The molecule has 0 spiro atoms. The lowest BCUT2D eigenvalue weighted by Crippen LogP contribution is -2.40. The largest absolute Gasteiger partial charge is 0.394 e. The third kappa shape index (κ3) is 1.96. The summed E-state index contributed by atoms with van der Waals surface area (Å²) in [6.07, 6.45) is -2.27. The Morgan fingerprint density at radius 2 is 2.24 bits per heavy atom. The maximum absolute atomic E-state index is 14.8. The molecule has 1 saturated heterocycles. The van der Waals surface area contributed by atoms with Gasteiger partial charge >= 0.3 is 0 Å². The zero-order valence-corrected chi connectivity index (χ0v) is 11.6. The summed E-state index contributed by atoms with van der Waals surface area (Å²) in [5.74, 6) is 0.0413. The number of fused-ring (bicyclic) bond motifs is 1. The standard InChI is InChI=1S/C12H16FN5O3/c1-5-7-9(17-11(14)16-5)18(4-15-7)10-12(2,13)8(20)6(3-19)21-10/h4,6,8,10,19-20H,3H2,1-2H3,(H2,14,16,17)/t6-,8-,10-,12-/m1/s1. The van der Waals surface area contributed by atoms with Gasteiger partial charge in [0.05, 0.1) is 18.6 Å². The van der Waals surface area contributed by atoms with Crippen molar-refractivity contribution >= 4 is 17.1 Å². The second-order valence-electron chi connectivity index (χ2n) is 5.30. The first-order chi connectivity index (χ1) is 9.86. The molecule has 0 amide bonds. The van der Waals surface area contributed by atoms with Crippen molar-refractivity contribution in [3.05, 3.63) is 12.0 Å². The van der Waals surface area contributed by atoms with E-state index >= 15 is 0 Å². The lowest BCUT2D eigenvalue weighted by Gasteiger charge is -2.24. The Morgan fingerprint density at radius 3 is 2.86 bits per heavy atom. The number of halogens is 1. The van der Waals surface area contributed by atoms with Gasteiger partial charge in [-0.15, -0.1) is 0 Å². The number of nitrogens with zero attached hydrogens (tertiary/aromatic N) is 4. The Labute approximate surface area is 119 Å². The molecule has 9 heteroatoms. The Hall–Kier alpha value is -1.84. The fourth-order valence-electron chi connectivity index (χ4n) is 2.61. The second-order valence-corrected chi connectivity index (χ2v) is 5.30. The van der Waals surface area contributed by atoms with Crippen molar-refractivity contribution in [1.29, 1.82) is 0 Å². The number of alkyl halides is 1. The molecular weight excluding hydrogens is 281 g/mol. The first-order valence-electron chi connectivity index (χ1n) is 6.46. The molecule has 0 radical (unpaired) electrons. The average molecular weight is 297 g/mol. The summed E-state index contributed by atoms with van der Waals surface area (Å²) in [4.78, 5) is 12.2. The number of hydrogen-bond acceptors (Lipinski definition) is 7. The summed E-state index contributed by atoms with van der Waals surface area (Å²) in [5.41, 5.74) is 4.87. The lowest BCUT2D eigenvalue weighted by molar-refractivity contribution is -0.0566. The fourth-order valence-corrected chi connectivity index (χ4v) is 2.61. The predicted octanol–water partition coefficient (Wildman–Crippen LogP) is -0.304. The number of aliphatic hydroxyl groups excluding tert-OH is 2. The van der Waals surface area contributed by atoms with E-state index in [0.717, 1.165) is 0 Å². The number of ether oxygens (including phenoxy) is 1. The smallest absolute Gasteiger partial charge is 0.222 e. The molecular formula is C12H16FN5O3. The normalized spacial score (nSPS) is 32.9. The Kier molecular flexibility index (Phi) is 3.08. The van der Waals surface area contributed by atoms with E-state index in [1.807, 2.05) is 0 Å². The van der Waals surface area contributed by atoms with Crippen molar-refractivity contribution in [2.45, 2.75) is 38.0 Å². The van der Waals surface area contributed by atoms with E-state index in [2.05, 4.69) is 15.0 Å². The van der Waals surface area contributed by atoms with Crippen molar-refractivity contribution in [1.82, 2.24) is 19.5 Å². The van der Waals surface area contributed by atoms with Gasteiger partial charge in [0.25, 0.3) is 0 Å². The molecule has 2 aromatic rings. The number of imidazole rings is 1. The molecule has 4 atom stereocenters. The van der Waals surface area contributed by atoms with Gasteiger partial charge in [-0.05, 0) is 13.8 Å². The van der Waals surface area contributed by atoms with Gasteiger partial charge in [-0.2, -0.15) is 4.98 Å². The highest BCUT2D eigenvalue weighted by Crippen LogP contribution is 2.42. The van der Waals surface area contributed by atoms with E-state index in [-0.39, 0.29) is 5.95 Å². The van der Waals surface area contributed by atoms with Crippen LogP contribution in [0.2, 0.25) is 0 Å². The van der Waals surface area contributed by atoms with Gasteiger partial charge in [-0.3, -0.25) is 4.57 Å². The van der Waals surface area contributed by atoms with Crippen LogP contribution in [0.25, 0.3) is 11.2 Å². The number of nitrogen functional groups attached to an aromatic ring is 1. The molecule has 114 valence electrons. The summed E-state index contributed by atoms with van der Waals surface area (Å²) in [5, 5.41) is 19.1. The molecule has 0 saturated carbocycles. The van der Waals surface area contributed by atoms with Crippen LogP contribution in [0.4, 0.5) is 10.3 Å². The van der Waals surface area contributed by atoms with E-state index in [0.29, 0.717) is 16.9 Å². The Bertz CT molecular complexity index is 689. The third-order valence-electron chi connectivity index (χ3n) is 3.76. The van der Waals surface area contributed by atoms with Crippen LogP contribution in [0.5, 0.6) is 0 Å². The van der Waals surface area contributed by atoms with Crippen LogP contribution >= 0.6 is 0 Å². The predicted molar refractivity (Wildman–Crippen MR) is 71.0 cm³/mol. The number of rotatable bonds is 2. The number of aromatic nitrogens is 4. The zero-order chi connectivity index (χ0) is 15.4. The summed E-state index contributed by atoms with van der Waals surface area (Å²) in [7, 11) is 0. The quantitative estimate of drug-likeness (QED) is 0.696. The number of aryl methyl sites for hydroxylation is 1. The minimum absolute atomic E-state index is 0.0413. The second kappa shape index (κ2) is 4.58. The number of anilines is 1. The van der Waals surface area contributed by atoms with Crippen LogP contribution in [0.1, 0.15) is 18.8 Å². The third-order valence-corrected chi connectivity index (χ3v) is 3.76. The van der Waals surface area contributed by atoms with Crippen molar-refractivity contribution in [2.24, 2.45) is 0 Å². The molecule has 1 aliphatic rings. The SMILES string of the molecule is Cc1nc(N)nc2c1ncn2[C@@H]1O[C@H](CO)[C@@H](O)[C@@]1(C)F. The van der Waals surface area contributed by atoms with Gasteiger partial charge in [-0.1, -0.05) is 0 Å². The first-order valence-corrected chi connectivity index (χ1v) is 6.46. The maximum Gasteiger partial charge on any atom is 0.222 e. The molecule has 3 rings (SSSR count). The van der Waals surface area contributed by atoms with Gasteiger partial charge < -0.3 is 20.7 Å². The van der Waals surface area contributed by atoms with Crippen LogP contribution in [-0.4, -0.2) is 54.2 Å².